The van der Waals surface area contributed by atoms with Crippen molar-refractivity contribution in [3.63, 3.8) is 0 Å². The summed E-state index contributed by atoms with van der Waals surface area (Å²) >= 11 is 1.12. The number of hydrogen-bond acceptors (Lipinski definition) is 5. The molecule has 7 nitrogen and oxygen atoms in total. The molecule has 2 N–H and O–H groups in total. The Morgan fingerprint density at radius 2 is 1.79 bits per heavy atom. The maximum Gasteiger partial charge on any atom is 0.285 e. The van der Waals surface area contributed by atoms with E-state index >= 15 is 0 Å². The van der Waals surface area contributed by atoms with Crippen molar-refractivity contribution in [2.75, 3.05) is 31.3 Å². The van der Waals surface area contributed by atoms with Gasteiger partial charge in [0.2, 0.25) is 0 Å². The lowest BCUT2D eigenvalue weighted by Gasteiger charge is -2.12. The first kappa shape index (κ1) is 20.9. The van der Waals surface area contributed by atoms with E-state index < -0.39 is 6.10 Å². The standard InChI is InChI=1S/C21H23N3O4S/c1-24(2)21(27)29-17-10-8-15(9-11-17)22-19(25)14-5-3-6-16(13-14)23-20(26)18-7-4-12-28-18/h3,5-6,8-11,13,18H,4,7,12H2,1-2H3,(H,22,25)(H,23,26). The topological polar surface area (TPSA) is 87.7 Å². The highest BCUT2D eigenvalue weighted by Crippen LogP contribution is 2.23. The molecule has 152 valence electrons. The summed E-state index contributed by atoms with van der Waals surface area (Å²) < 4.78 is 5.37. The molecule has 0 spiro atoms. The first-order valence-corrected chi connectivity index (χ1v) is 10.1. The van der Waals surface area contributed by atoms with Crippen molar-refractivity contribution in [2.45, 2.75) is 23.8 Å². The third-order valence-electron chi connectivity index (χ3n) is 4.30. The van der Waals surface area contributed by atoms with E-state index in [1.807, 2.05) is 0 Å². The number of rotatable bonds is 5. The summed E-state index contributed by atoms with van der Waals surface area (Å²) in [5, 5.41) is 5.55. The monoisotopic (exact) mass is 413 g/mol. The maximum atomic E-state index is 12.5. The fourth-order valence-electron chi connectivity index (χ4n) is 2.75. The van der Waals surface area contributed by atoms with Gasteiger partial charge in [-0.05, 0) is 67.1 Å². The molecule has 3 rings (SSSR count). The number of benzene rings is 2. The number of ether oxygens (including phenoxy) is 1. The van der Waals surface area contributed by atoms with E-state index in [2.05, 4.69) is 10.6 Å². The quantitative estimate of drug-likeness (QED) is 0.728. The highest BCUT2D eigenvalue weighted by Gasteiger charge is 2.23. The third kappa shape index (κ3) is 5.82. The number of nitrogens with zero attached hydrogens (tertiary/aromatic N) is 1. The van der Waals surface area contributed by atoms with Gasteiger partial charge in [0.15, 0.2) is 0 Å². The molecule has 2 aromatic rings. The van der Waals surface area contributed by atoms with Crippen molar-refractivity contribution >= 4 is 40.2 Å². The zero-order chi connectivity index (χ0) is 20.8. The van der Waals surface area contributed by atoms with Crippen molar-refractivity contribution in [3.05, 3.63) is 54.1 Å². The Hall–Kier alpha value is -2.84. The van der Waals surface area contributed by atoms with E-state index in [9.17, 15) is 14.4 Å². The van der Waals surface area contributed by atoms with Crippen molar-refractivity contribution in [2.24, 2.45) is 0 Å². The van der Waals surface area contributed by atoms with Crippen molar-refractivity contribution in [1.29, 1.82) is 0 Å². The van der Waals surface area contributed by atoms with Crippen LogP contribution in [0.5, 0.6) is 0 Å². The highest BCUT2D eigenvalue weighted by molar-refractivity contribution is 8.13. The number of carbonyl (C=O) groups is 3. The molecule has 3 amide bonds. The lowest BCUT2D eigenvalue weighted by Crippen LogP contribution is -2.27. The number of amides is 3. The minimum Gasteiger partial charge on any atom is -0.368 e. The molecule has 0 radical (unpaired) electrons. The van der Waals surface area contributed by atoms with Crippen LogP contribution in [0.25, 0.3) is 0 Å². The minimum atomic E-state index is -0.428. The van der Waals surface area contributed by atoms with Crippen LogP contribution in [0.1, 0.15) is 23.2 Å². The van der Waals surface area contributed by atoms with E-state index in [4.69, 9.17) is 4.74 Å². The molecule has 0 aromatic heterocycles. The van der Waals surface area contributed by atoms with Gasteiger partial charge in [-0.1, -0.05) is 6.07 Å². The second-order valence-corrected chi connectivity index (χ2v) is 7.84. The van der Waals surface area contributed by atoms with Gasteiger partial charge in [-0.15, -0.1) is 0 Å². The predicted molar refractivity (Wildman–Crippen MR) is 113 cm³/mol. The van der Waals surface area contributed by atoms with Crippen molar-refractivity contribution in [1.82, 2.24) is 4.90 Å². The SMILES string of the molecule is CN(C)C(=O)Sc1ccc(NC(=O)c2cccc(NC(=O)C3CCCO3)c2)cc1. The van der Waals surface area contributed by atoms with Crippen molar-refractivity contribution in [3.8, 4) is 0 Å². The number of thioether (sulfide) groups is 1. The van der Waals surface area contributed by atoms with Crippen LogP contribution in [-0.4, -0.2) is 48.8 Å². The lowest BCUT2D eigenvalue weighted by molar-refractivity contribution is -0.124. The fraction of sp³-hybridized carbons (Fsp3) is 0.286. The number of anilines is 2. The summed E-state index contributed by atoms with van der Waals surface area (Å²) in [6.07, 6.45) is 1.16. The normalized spacial score (nSPS) is 15.6. The molecule has 2 aromatic carbocycles. The molecule has 0 bridgehead atoms. The first-order valence-electron chi connectivity index (χ1n) is 9.25. The molecule has 1 aliphatic heterocycles. The third-order valence-corrected chi connectivity index (χ3v) is 5.34. The molecule has 1 unspecified atom stereocenters. The van der Waals surface area contributed by atoms with E-state index in [1.165, 1.54) is 4.90 Å². The Morgan fingerprint density at radius 3 is 2.45 bits per heavy atom. The van der Waals surface area contributed by atoms with E-state index in [1.54, 1.807) is 62.6 Å². The average molecular weight is 413 g/mol. The van der Waals surface area contributed by atoms with Crippen LogP contribution in [0, 0.1) is 0 Å². The van der Waals surface area contributed by atoms with Gasteiger partial charge in [0, 0.05) is 42.5 Å². The van der Waals surface area contributed by atoms with Crippen LogP contribution >= 0.6 is 11.8 Å². The summed E-state index contributed by atoms with van der Waals surface area (Å²) in [4.78, 5) is 38.7. The molecule has 1 fully saturated rings. The summed E-state index contributed by atoms with van der Waals surface area (Å²) in [6, 6.07) is 13.8. The predicted octanol–water partition coefficient (Wildman–Crippen LogP) is 3.83. The van der Waals surface area contributed by atoms with Gasteiger partial charge in [0.05, 0.1) is 0 Å². The second-order valence-electron chi connectivity index (χ2n) is 6.81. The zero-order valence-electron chi connectivity index (χ0n) is 16.3. The van der Waals surface area contributed by atoms with Crippen LogP contribution in [0.3, 0.4) is 0 Å². The van der Waals surface area contributed by atoms with Gasteiger partial charge in [0.25, 0.3) is 17.1 Å². The minimum absolute atomic E-state index is 0.0661. The summed E-state index contributed by atoms with van der Waals surface area (Å²) in [5.41, 5.74) is 1.59. The van der Waals surface area contributed by atoms with E-state index in [-0.39, 0.29) is 17.1 Å². The fourth-order valence-corrected chi connectivity index (χ4v) is 3.40. The molecule has 1 atom stereocenters. The van der Waals surface area contributed by atoms with Crippen LogP contribution in [0.2, 0.25) is 0 Å². The highest BCUT2D eigenvalue weighted by atomic mass is 32.2. The maximum absolute atomic E-state index is 12.5. The summed E-state index contributed by atoms with van der Waals surface area (Å²) in [5.74, 6) is -0.483. The smallest absolute Gasteiger partial charge is 0.285 e. The van der Waals surface area contributed by atoms with Gasteiger partial charge in [-0.25, -0.2) is 0 Å². The van der Waals surface area contributed by atoms with Gasteiger partial charge < -0.3 is 20.3 Å². The molecule has 8 heteroatoms. The molecular formula is C21H23N3O4S. The lowest BCUT2D eigenvalue weighted by atomic mass is 10.1. The van der Waals surface area contributed by atoms with Crippen LogP contribution in [-0.2, 0) is 9.53 Å². The van der Waals surface area contributed by atoms with Crippen LogP contribution in [0.4, 0.5) is 16.2 Å². The average Bonchev–Trinajstić information content (AvgIpc) is 3.24. The molecular weight excluding hydrogens is 390 g/mol. The zero-order valence-corrected chi connectivity index (χ0v) is 17.1. The Balaban J connectivity index is 1.60. The molecule has 1 aliphatic rings. The molecule has 1 saturated heterocycles. The van der Waals surface area contributed by atoms with Crippen LogP contribution in [0.15, 0.2) is 53.4 Å². The number of carbonyl (C=O) groups excluding carboxylic acids is 3. The summed E-state index contributed by atoms with van der Waals surface area (Å²) in [7, 11) is 3.39. The molecule has 0 aliphatic carbocycles. The largest absolute Gasteiger partial charge is 0.368 e. The van der Waals surface area contributed by atoms with Gasteiger partial charge >= 0.3 is 0 Å². The van der Waals surface area contributed by atoms with E-state index in [0.717, 1.165) is 23.1 Å². The number of nitrogens with one attached hydrogen (secondary N) is 2. The molecule has 0 saturated carbocycles. The number of hydrogen-bond donors (Lipinski definition) is 2. The first-order chi connectivity index (χ1) is 13.9. The Labute approximate surface area is 173 Å². The molecule has 1 heterocycles. The Bertz CT molecular complexity index is 893. The van der Waals surface area contributed by atoms with Crippen LogP contribution < -0.4 is 10.6 Å². The van der Waals surface area contributed by atoms with Gasteiger partial charge in [-0.3, -0.25) is 14.4 Å². The van der Waals surface area contributed by atoms with E-state index in [0.29, 0.717) is 30.0 Å². The Morgan fingerprint density at radius 1 is 1.03 bits per heavy atom. The summed E-state index contributed by atoms with van der Waals surface area (Å²) in [6.45, 7) is 0.598. The van der Waals surface area contributed by atoms with Crippen molar-refractivity contribution < 1.29 is 19.1 Å². The second kappa shape index (κ2) is 9.58. The Kier molecular flexibility index (Phi) is 6.90. The molecule has 29 heavy (non-hydrogen) atoms. The van der Waals surface area contributed by atoms with Gasteiger partial charge in [0.1, 0.15) is 6.10 Å². The van der Waals surface area contributed by atoms with Gasteiger partial charge in [-0.2, -0.15) is 0 Å².